The number of hydrogen-bond donors (Lipinski definition) is 0. The molecule has 0 radical (unpaired) electrons. The quantitative estimate of drug-likeness (QED) is 0.387. The predicted molar refractivity (Wildman–Crippen MR) is 136 cm³/mol. The Morgan fingerprint density at radius 2 is 1.97 bits per heavy atom. The summed E-state index contributed by atoms with van der Waals surface area (Å²) in [5, 5.41) is 1.74. The summed E-state index contributed by atoms with van der Waals surface area (Å²) in [6.07, 6.45) is 1.20. The normalized spacial score (nSPS) is 17.7. The maximum Gasteiger partial charge on any atom is 0.252 e. The van der Waals surface area contributed by atoms with Gasteiger partial charge in [-0.3, -0.25) is 4.79 Å². The molecule has 1 aliphatic rings. The van der Waals surface area contributed by atoms with E-state index in [1.807, 2.05) is 23.6 Å². The van der Waals surface area contributed by atoms with Gasteiger partial charge in [-0.05, 0) is 43.3 Å². The van der Waals surface area contributed by atoms with Crippen molar-refractivity contribution in [1.82, 2.24) is 8.87 Å². The summed E-state index contributed by atoms with van der Waals surface area (Å²) >= 11 is 2.53. The van der Waals surface area contributed by atoms with E-state index in [2.05, 4.69) is 4.99 Å². The van der Waals surface area contributed by atoms with Crippen LogP contribution in [0.5, 0.6) is 11.5 Å². The average Bonchev–Trinajstić information content (AvgIpc) is 3.53. The highest BCUT2D eigenvalue weighted by Gasteiger charge is 2.34. The van der Waals surface area contributed by atoms with Crippen LogP contribution in [0, 0.1) is 5.92 Å². The Morgan fingerprint density at radius 1 is 1.20 bits per heavy atom. The Hall–Kier alpha value is -2.25. The third kappa shape index (κ3) is 5.31. The van der Waals surface area contributed by atoms with E-state index in [1.165, 1.54) is 27.0 Å². The summed E-state index contributed by atoms with van der Waals surface area (Å²) in [7, 11) is -0.423. The fourth-order valence-corrected chi connectivity index (χ4v) is 7.97. The van der Waals surface area contributed by atoms with Crippen LogP contribution in [-0.2, 0) is 26.1 Å². The van der Waals surface area contributed by atoms with Crippen molar-refractivity contribution in [2.75, 3.05) is 40.5 Å². The summed E-state index contributed by atoms with van der Waals surface area (Å²) in [6.45, 7) is 3.95. The molecule has 9 nitrogen and oxygen atoms in total. The molecule has 190 valence electrons. The van der Waals surface area contributed by atoms with Crippen LogP contribution in [0.15, 0.2) is 38.8 Å². The van der Waals surface area contributed by atoms with Gasteiger partial charge in [0.15, 0.2) is 4.80 Å². The molecule has 1 amide bonds. The first-order valence-electron chi connectivity index (χ1n) is 11.3. The summed E-state index contributed by atoms with van der Waals surface area (Å²) in [5.41, 5.74) is 0.786. The molecule has 35 heavy (non-hydrogen) atoms. The Morgan fingerprint density at radius 3 is 2.66 bits per heavy atom. The number of sulfonamides is 1. The van der Waals surface area contributed by atoms with Crippen molar-refractivity contribution in [2.45, 2.75) is 30.5 Å². The average molecular weight is 540 g/mol. The van der Waals surface area contributed by atoms with Gasteiger partial charge in [-0.2, -0.15) is 9.30 Å². The van der Waals surface area contributed by atoms with Crippen molar-refractivity contribution in [3.63, 3.8) is 0 Å². The first-order chi connectivity index (χ1) is 16.9. The maximum atomic E-state index is 13.3. The summed E-state index contributed by atoms with van der Waals surface area (Å²) in [4.78, 5) is 18.3. The smallest absolute Gasteiger partial charge is 0.252 e. The summed E-state index contributed by atoms with van der Waals surface area (Å²) in [6, 6.07) is 6.95. The highest BCUT2D eigenvalue weighted by molar-refractivity contribution is 7.91. The minimum Gasteiger partial charge on any atom is -0.495 e. The van der Waals surface area contributed by atoms with Crippen molar-refractivity contribution >= 4 is 48.8 Å². The van der Waals surface area contributed by atoms with Crippen LogP contribution in [0.4, 0.5) is 0 Å². The number of hydrogen-bond acceptors (Lipinski definition) is 8. The molecule has 12 heteroatoms. The highest BCUT2D eigenvalue weighted by Crippen LogP contribution is 2.35. The second kappa shape index (κ2) is 11.2. The van der Waals surface area contributed by atoms with Gasteiger partial charge in [-0.15, -0.1) is 11.3 Å². The Bertz CT molecular complexity index is 1340. The zero-order valence-electron chi connectivity index (χ0n) is 19.9. The molecule has 1 unspecified atom stereocenters. The van der Waals surface area contributed by atoms with Crippen molar-refractivity contribution in [1.29, 1.82) is 0 Å². The lowest BCUT2D eigenvalue weighted by Crippen LogP contribution is -2.42. The number of thiophene rings is 1. The van der Waals surface area contributed by atoms with Gasteiger partial charge in [-0.25, -0.2) is 8.42 Å². The molecule has 1 saturated heterocycles. The van der Waals surface area contributed by atoms with E-state index >= 15 is 0 Å². The third-order valence-electron chi connectivity index (χ3n) is 5.88. The van der Waals surface area contributed by atoms with Crippen molar-refractivity contribution < 1.29 is 27.4 Å². The van der Waals surface area contributed by atoms with Crippen LogP contribution in [0.3, 0.4) is 0 Å². The van der Waals surface area contributed by atoms with Crippen LogP contribution in [0.1, 0.15) is 19.8 Å². The second-order valence-electron chi connectivity index (χ2n) is 7.97. The first-order valence-corrected chi connectivity index (χ1v) is 14.5. The number of piperidine rings is 1. The standard InChI is InChI=1S/C23H29N3O6S3/c1-4-32-13-12-26-20-17(30-2)9-10-18(31-3)21(20)34-23(26)24-22(27)16-7-5-11-25(15-16)35(28,29)19-8-6-14-33-19/h6,8-10,14,16H,4-5,7,11-13,15H2,1-3H3. The van der Waals surface area contributed by atoms with Crippen LogP contribution >= 0.6 is 22.7 Å². The molecule has 0 bridgehead atoms. The molecule has 0 spiro atoms. The van der Waals surface area contributed by atoms with Gasteiger partial charge in [0.25, 0.3) is 15.9 Å². The molecule has 2 aromatic heterocycles. The van der Waals surface area contributed by atoms with E-state index in [0.717, 1.165) is 10.2 Å². The van der Waals surface area contributed by atoms with Gasteiger partial charge in [0.2, 0.25) is 0 Å². The van der Waals surface area contributed by atoms with Crippen LogP contribution < -0.4 is 14.3 Å². The number of ether oxygens (including phenoxy) is 3. The Kier molecular flexibility index (Phi) is 8.27. The topological polar surface area (TPSA) is 99.4 Å². The van der Waals surface area contributed by atoms with Crippen LogP contribution in [0.2, 0.25) is 0 Å². The van der Waals surface area contributed by atoms with Gasteiger partial charge >= 0.3 is 0 Å². The van der Waals surface area contributed by atoms with E-state index in [-0.39, 0.29) is 12.5 Å². The second-order valence-corrected chi connectivity index (χ2v) is 12.1. The zero-order chi connectivity index (χ0) is 25.0. The van der Waals surface area contributed by atoms with Gasteiger partial charge in [-0.1, -0.05) is 17.4 Å². The number of thiazole rings is 1. The van der Waals surface area contributed by atoms with E-state index in [1.54, 1.807) is 31.7 Å². The van der Waals surface area contributed by atoms with Crippen molar-refractivity contribution in [3.8, 4) is 11.5 Å². The Balaban J connectivity index is 1.70. The first kappa shape index (κ1) is 25.8. The highest BCUT2D eigenvalue weighted by atomic mass is 32.2. The monoisotopic (exact) mass is 539 g/mol. The minimum absolute atomic E-state index is 0.124. The van der Waals surface area contributed by atoms with E-state index in [4.69, 9.17) is 14.2 Å². The number of carbonyl (C=O) groups excluding carboxylic acids is 1. The number of rotatable bonds is 9. The SMILES string of the molecule is CCOCCn1c(=NC(=O)C2CCCN(S(=O)(=O)c3cccs3)C2)sc2c(OC)ccc(OC)c21. The molecule has 3 heterocycles. The zero-order valence-corrected chi connectivity index (χ0v) is 22.4. The van der Waals surface area contributed by atoms with Crippen molar-refractivity contribution in [3.05, 3.63) is 34.4 Å². The lowest BCUT2D eigenvalue weighted by Gasteiger charge is -2.29. The van der Waals surface area contributed by atoms with Crippen molar-refractivity contribution in [2.24, 2.45) is 10.9 Å². The largest absolute Gasteiger partial charge is 0.495 e. The molecule has 3 aromatic rings. The molecule has 0 aliphatic carbocycles. The molecule has 0 saturated carbocycles. The van der Waals surface area contributed by atoms with E-state index in [9.17, 15) is 13.2 Å². The van der Waals surface area contributed by atoms with Crippen LogP contribution in [-0.4, -0.2) is 63.7 Å². The molecule has 1 atom stereocenters. The molecular weight excluding hydrogens is 510 g/mol. The van der Waals surface area contributed by atoms with E-state index in [0.29, 0.717) is 59.7 Å². The number of aromatic nitrogens is 1. The van der Waals surface area contributed by atoms with E-state index < -0.39 is 15.9 Å². The van der Waals surface area contributed by atoms with Gasteiger partial charge in [0.05, 0.1) is 26.7 Å². The minimum atomic E-state index is -3.61. The number of methoxy groups -OCH3 is 2. The number of nitrogens with zero attached hydrogens (tertiary/aromatic N) is 3. The Labute approximate surface area is 212 Å². The summed E-state index contributed by atoms with van der Waals surface area (Å²) < 4.78 is 47.1. The number of benzene rings is 1. The lowest BCUT2D eigenvalue weighted by molar-refractivity contribution is -0.122. The lowest BCUT2D eigenvalue weighted by atomic mass is 9.99. The number of amides is 1. The molecule has 1 aliphatic heterocycles. The predicted octanol–water partition coefficient (Wildman–Crippen LogP) is 3.35. The number of fused-ring (bicyclic) bond motifs is 1. The fraction of sp³-hybridized carbons (Fsp3) is 0.478. The van der Waals surface area contributed by atoms with Gasteiger partial charge < -0.3 is 18.8 Å². The molecule has 4 rings (SSSR count). The molecular formula is C23H29N3O6S3. The summed E-state index contributed by atoms with van der Waals surface area (Å²) in [5.74, 6) is 0.475. The fourth-order valence-electron chi connectivity index (χ4n) is 4.13. The third-order valence-corrected chi connectivity index (χ3v) is 10.2. The van der Waals surface area contributed by atoms with Gasteiger partial charge in [0.1, 0.15) is 25.9 Å². The maximum absolute atomic E-state index is 13.3. The molecule has 1 fully saturated rings. The van der Waals surface area contributed by atoms with Crippen LogP contribution in [0.25, 0.3) is 10.2 Å². The molecule has 1 aromatic carbocycles. The molecule has 0 N–H and O–H groups in total. The van der Waals surface area contributed by atoms with Gasteiger partial charge in [0, 0.05) is 26.2 Å². The number of carbonyl (C=O) groups is 1.